The van der Waals surface area contributed by atoms with E-state index in [-0.39, 0.29) is 31.6 Å². The minimum Gasteiger partial charge on any atom is -0.480 e. The topological polar surface area (TPSA) is 292 Å². The molecule has 0 fully saturated rings. The molecule has 0 spiro atoms. The van der Waals surface area contributed by atoms with Gasteiger partial charge < -0.3 is 53.4 Å². The third-order valence-electron chi connectivity index (χ3n) is 5.98. The number of nitrogens with one attached hydrogen (secondary N) is 5. The van der Waals surface area contributed by atoms with Crippen LogP contribution < -0.4 is 38.1 Å². The predicted octanol–water partition coefficient (Wildman–Crippen LogP) is -4.11. The van der Waals surface area contributed by atoms with Gasteiger partial charge in [0.15, 0.2) is 0 Å². The minimum absolute atomic E-state index is 0.0722. The number of nitrogens with two attached hydrogens (primary N) is 2. The lowest BCUT2D eigenvalue weighted by Crippen LogP contribution is -2.59. The van der Waals surface area contributed by atoms with Gasteiger partial charge in [0.25, 0.3) is 0 Å². The number of primary amides is 1. The smallest absolute Gasteiger partial charge is 0.326 e. The summed E-state index contributed by atoms with van der Waals surface area (Å²) in [5.41, 5.74) is 10.7. The third kappa shape index (κ3) is 15.5. The Labute approximate surface area is 254 Å². The molecule has 0 aliphatic heterocycles. The quantitative estimate of drug-likeness (QED) is 0.0576. The van der Waals surface area contributed by atoms with E-state index in [1.165, 1.54) is 18.7 Å². The molecule has 12 N–H and O–H groups in total. The second-order valence-corrected chi connectivity index (χ2v) is 11.2. The van der Waals surface area contributed by atoms with Gasteiger partial charge in [-0.2, -0.15) is 11.8 Å². The Morgan fingerprint density at radius 2 is 1.19 bits per heavy atom. The van der Waals surface area contributed by atoms with E-state index in [1.54, 1.807) is 20.1 Å². The van der Waals surface area contributed by atoms with Gasteiger partial charge in [-0.1, -0.05) is 13.8 Å². The molecule has 0 radical (unpaired) electrons. The molecule has 6 amide bonds. The highest BCUT2D eigenvalue weighted by Crippen LogP contribution is 2.07. The van der Waals surface area contributed by atoms with Crippen LogP contribution in [0, 0.1) is 5.92 Å². The van der Waals surface area contributed by atoms with Gasteiger partial charge in [0, 0.05) is 6.42 Å². The van der Waals surface area contributed by atoms with E-state index in [2.05, 4.69) is 26.6 Å². The standard InChI is InChI=1S/C25H45N7O10S/c1-12(2)9-17(25(41)42)31-24(40)18(11-34)32-20(36)13(3)28-22(38)15(5-6-19(27)35)30-23(39)16(7-8-43-4)29-21(37)14(26)10-33/h12-18,33-34H,5-11,26H2,1-4H3,(H2,27,35)(H,28,38)(H,29,37)(H,30,39)(H,31,40)(H,32,36)(H,41,42)/t13-,14-,15-,16-,17-,18-/m0/s1. The zero-order valence-electron chi connectivity index (χ0n) is 24.8. The Balaban J connectivity index is 5.57. The van der Waals surface area contributed by atoms with Crippen LogP contribution in [0.5, 0.6) is 0 Å². The molecule has 0 aliphatic carbocycles. The molecule has 0 rings (SSSR count). The summed E-state index contributed by atoms with van der Waals surface area (Å²) in [5.74, 6) is -6.05. The van der Waals surface area contributed by atoms with Gasteiger partial charge in [0.05, 0.1) is 13.2 Å². The SMILES string of the molecule is CSCC[C@H](NC(=O)[C@@H](N)CO)C(=O)N[C@@H](CCC(N)=O)C(=O)N[C@@H](C)C(=O)N[C@@H](CO)C(=O)N[C@@H](CC(C)C)C(=O)O. The van der Waals surface area contributed by atoms with Gasteiger partial charge in [-0.05, 0) is 44.1 Å². The van der Waals surface area contributed by atoms with Crippen LogP contribution in [0.2, 0.25) is 0 Å². The first kappa shape index (κ1) is 39.5. The molecular weight excluding hydrogens is 590 g/mol. The van der Waals surface area contributed by atoms with E-state index in [0.29, 0.717) is 5.75 Å². The maximum atomic E-state index is 13.0. The fraction of sp³-hybridized carbons (Fsp3) is 0.720. The van der Waals surface area contributed by atoms with E-state index in [0.717, 1.165) is 0 Å². The summed E-state index contributed by atoms with van der Waals surface area (Å²) in [4.78, 5) is 86.3. The molecule has 6 atom stereocenters. The van der Waals surface area contributed by atoms with Crippen molar-refractivity contribution in [2.45, 2.75) is 82.7 Å². The lowest BCUT2D eigenvalue weighted by molar-refractivity contribution is -0.143. The molecule has 0 aromatic heterocycles. The lowest BCUT2D eigenvalue weighted by Gasteiger charge is -2.25. The predicted molar refractivity (Wildman–Crippen MR) is 156 cm³/mol. The number of carbonyl (C=O) groups excluding carboxylic acids is 6. The molecule has 17 nitrogen and oxygen atoms in total. The monoisotopic (exact) mass is 635 g/mol. The maximum Gasteiger partial charge on any atom is 0.326 e. The Hall–Kier alpha value is -3.48. The molecule has 43 heavy (non-hydrogen) atoms. The molecular formula is C25H45N7O10S. The van der Waals surface area contributed by atoms with Gasteiger partial charge in [-0.25, -0.2) is 4.79 Å². The Morgan fingerprint density at radius 3 is 1.67 bits per heavy atom. The summed E-state index contributed by atoms with van der Waals surface area (Å²) in [6.07, 6.45) is 1.45. The average molecular weight is 636 g/mol. The normalized spacial score (nSPS) is 15.2. The number of aliphatic carboxylic acids is 1. The number of rotatable bonds is 21. The molecule has 0 unspecified atom stereocenters. The second-order valence-electron chi connectivity index (χ2n) is 10.2. The third-order valence-corrected chi connectivity index (χ3v) is 6.62. The molecule has 0 saturated heterocycles. The van der Waals surface area contributed by atoms with Crippen LogP contribution in [0.4, 0.5) is 0 Å². The van der Waals surface area contributed by atoms with Crippen LogP contribution in [0.15, 0.2) is 0 Å². The summed E-state index contributed by atoms with van der Waals surface area (Å²) < 4.78 is 0. The summed E-state index contributed by atoms with van der Waals surface area (Å²) >= 11 is 1.38. The van der Waals surface area contributed by atoms with Crippen LogP contribution in [0.1, 0.15) is 46.5 Å². The summed E-state index contributed by atoms with van der Waals surface area (Å²) in [6.45, 7) is 3.23. The molecule has 0 bridgehead atoms. The van der Waals surface area contributed by atoms with Crippen LogP contribution in [0.3, 0.4) is 0 Å². The average Bonchev–Trinajstić information content (AvgIpc) is 2.93. The van der Waals surface area contributed by atoms with Crippen LogP contribution >= 0.6 is 11.8 Å². The van der Waals surface area contributed by atoms with Crippen molar-refractivity contribution >= 4 is 53.2 Å². The number of carboxylic acid groups (broad SMARTS) is 1. The first-order valence-corrected chi connectivity index (χ1v) is 15.0. The number of thioether (sulfide) groups is 1. The first-order valence-electron chi connectivity index (χ1n) is 13.6. The summed E-state index contributed by atoms with van der Waals surface area (Å²) in [7, 11) is 0. The van der Waals surface area contributed by atoms with Gasteiger partial charge >= 0.3 is 5.97 Å². The Kier molecular flexibility index (Phi) is 18.8. The zero-order chi connectivity index (χ0) is 33.3. The Bertz CT molecular complexity index is 984. The summed E-state index contributed by atoms with van der Waals surface area (Å²) in [6, 6.07) is -7.90. The van der Waals surface area contributed by atoms with E-state index >= 15 is 0 Å². The molecule has 0 aliphatic rings. The zero-order valence-corrected chi connectivity index (χ0v) is 25.6. The number of carboxylic acids is 1. The van der Waals surface area contributed by atoms with Crippen molar-refractivity contribution in [3.63, 3.8) is 0 Å². The highest BCUT2D eigenvalue weighted by atomic mass is 32.2. The van der Waals surface area contributed by atoms with Gasteiger partial charge in [-0.3, -0.25) is 28.8 Å². The second kappa shape index (κ2) is 20.4. The molecule has 0 aromatic rings. The van der Waals surface area contributed by atoms with Crippen molar-refractivity contribution in [1.82, 2.24) is 26.6 Å². The van der Waals surface area contributed by atoms with Crippen molar-refractivity contribution in [2.24, 2.45) is 17.4 Å². The molecule has 0 heterocycles. The van der Waals surface area contributed by atoms with Crippen molar-refractivity contribution in [3.8, 4) is 0 Å². The van der Waals surface area contributed by atoms with E-state index < -0.39 is 90.9 Å². The number of amides is 6. The van der Waals surface area contributed by atoms with Gasteiger partial charge in [0.2, 0.25) is 35.4 Å². The number of aliphatic hydroxyl groups is 2. The lowest BCUT2D eigenvalue weighted by atomic mass is 10.0. The number of carbonyl (C=O) groups is 7. The maximum absolute atomic E-state index is 13.0. The largest absolute Gasteiger partial charge is 0.480 e. The minimum atomic E-state index is -1.53. The fourth-order valence-corrected chi connectivity index (χ4v) is 4.00. The molecule has 246 valence electrons. The van der Waals surface area contributed by atoms with E-state index in [4.69, 9.17) is 16.6 Å². The molecule has 0 saturated carbocycles. The van der Waals surface area contributed by atoms with Crippen LogP contribution in [-0.2, 0) is 33.6 Å². The number of aliphatic hydroxyl groups excluding tert-OH is 2. The Morgan fingerprint density at radius 1 is 0.698 bits per heavy atom. The van der Waals surface area contributed by atoms with E-state index in [9.17, 15) is 43.8 Å². The number of hydrogen-bond acceptors (Lipinski definition) is 11. The number of hydrogen-bond donors (Lipinski definition) is 10. The first-order chi connectivity index (χ1) is 20.1. The highest BCUT2D eigenvalue weighted by molar-refractivity contribution is 7.98. The molecule has 0 aromatic carbocycles. The molecule has 18 heteroatoms. The summed E-state index contributed by atoms with van der Waals surface area (Å²) in [5, 5.41) is 39.7. The van der Waals surface area contributed by atoms with Crippen LogP contribution in [-0.4, -0.2) is 118 Å². The van der Waals surface area contributed by atoms with E-state index in [1.807, 2.05) is 0 Å². The van der Waals surface area contributed by atoms with Crippen molar-refractivity contribution in [2.75, 3.05) is 25.2 Å². The highest BCUT2D eigenvalue weighted by Gasteiger charge is 2.31. The fourth-order valence-electron chi connectivity index (χ4n) is 3.53. The van der Waals surface area contributed by atoms with Gasteiger partial charge in [0.1, 0.15) is 36.3 Å². The van der Waals surface area contributed by atoms with Crippen molar-refractivity contribution in [3.05, 3.63) is 0 Å². The van der Waals surface area contributed by atoms with Crippen LogP contribution in [0.25, 0.3) is 0 Å². The van der Waals surface area contributed by atoms with Crippen molar-refractivity contribution in [1.29, 1.82) is 0 Å². The van der Waals surface area contributed by atoms with Crippen molar-refractivity contribution < 1.29 is 48.9 Å². The van der Waals surface area contributed by atoms with Gasteiger partial charge in [-0.15, -0.1) is 0 Å².